The van der Waals surface area contributed by atoms with E-state index >= 15 is 4.39 Å². The third kappa shape index (κ3) is 9.57. The molecule has 0 spiro atoms. The number of halogens is 5. The van der Waals surface area contributed by atoms with Crippen LogP contribution in [0.5, 0.6) is 5.75 Å². The van der Waals surface area contributed by atoms with E-state index in [1.807, 2.05) is 6.92 Å². The Kier molecular flexibility index (Phi) is 12.5. The molecule has 0 radical (unpaired) electrons. The monoisotopic (exact) mass is 800 g/mol. The number of anilines is 1. The molecule has 1 aromatic carbocycles. The second kappa shape index (κ2) is 17.0. The van der Waals surface area contributed by atoms with Crippen LogP contribution in [-0.2, 0) is 21.8 Å². The minimum atomic E-state index is -3.05. The van der Waals surface area contributed by atoms with E-state index in [0.29, 0.717) is 91.8 Å². The average Bonchev–Trinajstić information content (AvgIpc) is 3.19. The Balaban J connectivity index is 1.16. The summed E-state index contributed by atoms with van der Waals surface area (Å²) in [6.07, 6.45) is 4.65. The molecule has 4 atom stereocenters. The second-order valence-electron chi connectivity index (χ2n) is 17.5. The number of aliphatic hydroxyl groups excluding tert-OH is 1. The number of hydrogen-bond acceptors (Lipinski definition) is 8. The SMILES string of the molecule is CCC(F)(F)c1ccc(C(F)c2c(C3CCN(c4ncc(OC[C@H](C)OC5CCCCO5)cn4)CC3)nc3c(c2C2CCC(F)(F)CC2)C(O)CC(C)(C)C3)cc1. The first-order valence-electron chi connectivity index (χ1n) is 20.8. The average molecular weight is 801 g/mol. The number of hydrogen-bond donors (Lipinski definition) is 1. The minimum Gasteiger partial charge on any atom is -0.488 e. The number of nitrogens with zero attached hydrogens (tertiary/aromatic N) is 4. The third-order valence-electron chi connectivity index (χ3n) is 12.4. The van der Waals surface area contributed by atoms with Crippen LogP contribution in [0.15, 0.2) is 36.7 Å². The van der Waals surface area contributed by atoms with Gasteiger partial charge >= 0.3 is 0 Å². The van der Waals surface area contributed by atoms with Gasteiger partial charge in [0.05, 0.1) is 30.3 Å². The first-order chi connectivity index (χ1) is 27.1. The molecule has 2 saturated heterocycles. The van der Waals surface area contributed by atoms with E-state index in [2.05, 4.69) is 28.7 Å². The third-order valence-corrected chi connectivity index (χ3v) is 12.4. The summed E-state index contributed by atoms with van der Waals surface area (Å²) in [5.74, 6) is -5.39. The molecule has 3 fully saturated rings. The maximum absolute atomic E-state index is 17.5. The molecule has 1 saturated carbocycles. The van der Waals surface area contributed by atoms with Gasteiger partial charge in [-0.2, -0.15) is 0 Å². The van der Waals surface area contributed by atoms with Crippen molar-refractivity contribution in [3.63, 3.8) is 0 Å². The Labute approximate surface area is 332 Å². The highest BCUT2D eigenvalue weighted by Crippen LogP contribution is 2.52. The molecule has 2 aliphatic heterocycles. The molecular weight excluding hydrogens is 743 g/mol. The van der Waals surface area contributed by atoms with Gasteiger partial charge in [0, 0.05) is 67.3 Å². The fourth-order valence-electron chi connectivity index (χ4n) is 9.21. The lowest BCUT2D eigenvalue weighted by atomic mass is 9.68. The zero-order valence-corrected chi connectivity index (χ0v) is 33.6. The van der Waals surface area contributed by atoms with Gasteiger partial charge in [0.15, 0.2) is 18.2 Å². The quantitative estimate of drug-likeness (QED) is 0.181. The number of fused-ring (bicyclic) bond motifs is 1. The van der Waals surface area contributed by atoms with Gasteiger partial charge in [0.2, 0.25) is 11.9 Å². The molecule has 1 N–H and O–H groups in total. The van der Waals surface area contributed by atoms with Gasteiger partial charge in [-0.05, 0) is 87.2 Å². The molecule has 13 heteroatoms. The van der Waals surface area contributed by atoms with Crippen LogP contribution in [0.25, 0.3) is 0 Å². The molecule has 2 aromatic heterocycles. The summed E-state index contributed by atoms with van der Waals surface area (Å²) in [6, 6.07) is 5.34. The number of piperidine rings is 1. The fourth-order valence-corrected chi connectivity index (χ4v) is 9.21. The Morgan fingerprint density at radius 1 is 0.965 bits per heavy atom. The highest BCUT2D eigenvalue weighted by molar-refractivity contribution is 5.51. The maximum atomic E-state index is 17.5. The molecule has 4 heterocycles. The number of benzene rings is 1. The molecule has 0 amide bonds. The van der Waals surface area contributed by atoms with E-state index in [9.17, 15) is 22.7 Å². The van der Waals surface area contributed by atoms with Crippen LogP contribution < -0.4 is 9.64 Å². The van der Waals surface area contributed by atoms with E-state index in [0.717, 1.165) is 19.3 Å². The topological polar surface area (TPSA) is 89.8 Å². The fraction of sp³-hybridized carbons (Fsp3) is 0.659. The first-order valence-corrected chi connectivity index (χ1v) is 20.8. The van der Waals surface area contributed by atoms with Crippen molar-refractivity contribution in [2.45, 2.75) is 153 Å². The summed E-state index contributed by atoms with van der Waals surface area (Å²) in [7, 11) is 0. The van der Waals surface area contributed by atoms with Crippen LogP contribution in [-0.4, -0.2) is 64.7 Å². The van der Waals surface area contributed by atoms with Crippen molar-refractivity contribution in [3.05, 3.63) is 75.9 Å². The summed E-state index contributed by atoms with van der Waals surface area (Å²) in [5, 5.41) is 11.7. The predicted octanol–water partition coefficient (Wildman–Crippen LogP) is 10.4. The lowest BCUT2D eigenvalue weighted by Crippen LogP contribution is -2.36. The van der Waals surface area contributed by atoms with Crippen molar-refractivity contribution in [1.29, 1.82) is 0 Å². The van der Waals surface area contributed by atoms with Crippen molar-refractivity contribution in [3.8, 4) is 5.75 Å². The predicted molar refractivity (Wildman–Crippen MR) is 207 cm³/mol. The summed E-state index contributed by atoms with van der Waals surface area (Å²) < 4.78 is 93.4. The number of alkyl halides is 5. The first kappa shape index (κ1) is 41.7. The van der Waals surface area contributed by atoms with Crippen molar-refractivity contribution in [1.82, 2.24) is 15.0 Å². The van der Waals surface area contributed by atoms with Gasteiger partial charge in [-0.25, -0.2) is 31.9 Å². The number of pyridine rings is 1. The lowest BCUT2D eigenvalue weighted by Gasteiger charge is -2.41. The molecule has 3 aromatic rings. The van der Waals surface area contributed by atoms with Crippen molar-refractivity contribution < 1.29 is 41.3 Å². The van der Waals surface area contributed by atoms with E-state index in [1.54, 1.807) is 12.4 Å². The number of ether oxygens (including phenoxy) is 3. The molecule has 8 nitrogen and oxygen atoms in total. The highest BCUT2D eigenvalue weighted by atomic mass is 19.3. The summed E-state index contributed by atoms with van der Waals surface area (Å²) >= 11 is 0. The van der Waals surface area contributed by atoms with Gasteiger partial charge in [-0.15, -0.1) is 0 Å². The van der Waals surface area contributed by atoms with Crippen LogP contribution in [0.3, 0.4) is 0 Å². The summed E-state index contributed by atoms with van der Waals surface area (Å²) in [4.78, 5) is 16.5. The number of aliphatic hydroxyl groups is 1. The van der Waals surface area contributed by atoms with Crippen molar-refractivity contribution in [2.75, 3.05) is 31.2 Å². The molecule has 312 valence electrons. The standard InChI is InChI=1S/C44H57F5N4O4/c1-5-44(48,49)31-11-9-29(10-12-31)39(45)38-36(28-13-17-43(46,47)18-14-28)37-33(22-42(3,4)23-34(37)54)52-40(38)30-15-19-53(20-16-30)41-50-24-32(25-51-41)56-26-27(2)57-35-8-6-7-21-55-35/h9-12,24-25,27-28,30,34-35,39,54H,5-8,13-23,26H2,1-4H3/t27-,34?,35?,39?/m0/s1. The van der Waals surface area contributed by atoms with Crippen molar-refractivity contribution >= 4 is 5.95 Å². The second-order valence-corrected chi connectivity index (χ2v) is 17.5. The largest absolute Gasteiger partial charge is 0.488 e. The Morgan fingerprint density at radius 2 is 1.65 bits per heavy atom. The minimum absolute atomic E-state index is 0.150. The van der Waals surface area contributed by atoms with Crippen LogP contribution >= 0.6 is 0 Å². The van der Waals surface area contributed by atoms with E-state index < -0.39 is 30.0 Å². The number of aromatic nitrogens is 3. The maximum Gasteiger partial charge on any atom is 0.273 e. The van der Waals surface area contributed by atoms with Crippen LogP contribution in [0.1, 0.15) is 162 Å². The van der Waals surface area contributed by atoms with Crippen LogP contribution in [0.4, 0.5) is 27.9 Å². The van der Waals surface area contributed by atoms with Gasteiger partial charge in [0.1, 0.15) is 6.61 Å². The van der Waals surface area contributed by atoms with Crippen LogP contribution in [0.2, 0.25) is 0 Å². The molecule has 3 unspecified atom stereocenters. The zero-order valence-electron chi connectivity index (χ0n) is 33.6. The smallest absolute Gasteiger partial charge is 0.273 e. The Hall–Kier alpha value is -3.42. The highest BCUT2D eigenvalue weighted by Gasteiger charge is 2.44. The van der Waals surface area contributed by atoms with E-state index in [-0.39, 0.29) is 67.0 Å². The van der Waals surface area contributed by atoms with Gasteiger partial charge in [-0.1, -0.05) is 45.0 Å². The van der Waals surface area contributed by atoms with Crippen molar-refractivity contribution in [2.24, 2.45) is 5.41 Å². The lowest BCUT2D eigenvalue weighted by molar-refractivity contribution is -0.189. The Morgan fingerprint density at radius 3 is 2.28 bits per heavy atom. The van der Waals surface area contributed by atoms with Gasteiger partial charge < -0.3 is 24.2 Å². The molecule has 57 heavy (non-hydrogen) atoms. The van der Waals surface area contributed by atoms with Crippen LogP contribution in [0, 0.1) is 5.41 Å². The molecule has 7 rings (SSSR count). The van der Waals surface area contributed by atoms with E-state index in [1.165, 1.54) is 31.2 Å². The zero-order chi connectivity index (χ0) is 40.5. The molecule has 0 bridgehead atoms. The van der Waals surface area contributed by atoms with Gasteiger partial charge in [0.25, 0.3) is 5.92 Å². The Bertz CT molecular complexity index is 1800. The molecule has 2 aliphatic carbocycles. The van der Waals surface area contributed by atoms with E-state index in [4.69, 9.17) is 19.2 Å². The molecular formula is C44H57F5N4O4. The number of rotatable bonds is 12. The normalized spacial score (nSPS) is 24.1. The van der Waals surface area contributed by atoms with Gasteiger partial charge in [-0.3, -0.25) is 4.98 Å². The summed E-state index contributed by atoms with van der Waals surface area (Å²) in [5.41, 5.74) is 2.45. The summed E-state index contributed by atoms with van der Waals surface area (Å²) in [6.45, 7) is 9.63. The molecule has 4 aliphatic rings.